The number of halogens is 3. The molecule has 0 saturated carbocycles. The number of aromatic nitrogens is 3. The second kappa shape index (κ2) is 13.0. The first kappa shape index (κ1) is 25.8. The molecule has 8 nitrogen and oxygen atoms in total. The molecule has 0 bridgehead atoms. The number of rotatable bonds is 6. The van der Waals surface area contributed by atoms with Gasteiger partial charge < -0.3 is 16.0 Å². The maximum Gasteiger partial charge on any atom is 0.270 e. The third-order valence-electron chi connectivity index (χ3n) is 3.88. The molecular weight excluding hydrogens is 433 g/mol. The second-order valence-electron chi connectivity index (χ2n) is 5.46. The van der Waals surface area contributed by atoms with E-state index in [2.05, 4.69) is 30.1 Å². The van der Waals surface area contributed by atoms with E-state index in [1.54, 1.807) is 17.8 Å². The van der Waals surface area contributed by atoms with Gasteiger partial charge in [-0.05, 0) is 6.07 Å². The topological polar surface area (TPSA) is 100 Å². The number of amides is 1. The fraction of sp³-hybridized carbons (Fsp3) is 0.467. The van der Waals surface area contributed by atoms with Gasteiger partial charge in [-0.25, -0.2) is 15.0 Å². The summed E-state index contributed by atoms with van der Waals surface area (Å²) in [6.07, 6.45) is 3.53. The molecule has 0 aliphatic carbocycles. The van der Waals surface area contributed by atoms with Gasteiger partial charge in [0, 0.05) is 63.6 Å². The normalized spacial score (nSPS) is 13.7. The maximum absolute atomic E-state index is 12.0. The third-order valence-corrected chi connectivity index (χ3v) is 4.75. The Morgan fingerprint density at radius 3 is 2.41 bits per heavy atom. The van der Waals surface area contributed by atoms with Gasteiger partial charge in [-0.15, -0.1) is 48.6 Å². The second-order valence-corrected chi connectivity index (χ2v) is 6.41. The first-order valence-electron chi connectivity index (χ1n) is 7.93. The molecule has 0 radical (unpaired) electrons. The lowest BCUT2D eigenvalue weighted by Crippen LogP contribution is -2.49. The molecule has 1 amide bonds. The lowest BCUT2D eigenvalue weighted by Gasteiger charge is -2.34. The van der Waals surface area contributed by atoms with Crippen LogP contribution in [0.4, 0.5) is 5.95 Å². The monoisotopic (exact) mass is 455 g/mol. The summed E-state index contributed by atoms with van der Waals surface area (Å²) >= 11 is 1.41. The largest absolute Gasteiger partial charge is 0.349 e. The fourth-order valence-electron chi connectivity index (χ4n) is 2.55. The van der Waals surface area contributed by atoms with E-state index in [-0.39, 0.29) is 43.1 Å². The molecule has 152 valence electrons. The van der Waals surface area contributed by atoms with Crippen LogP contribution in [-0.2, 0) is 6.54 Å². The van der Waals surface area contributed by atoms with Crippen molar-refractivity contribution in [2.24, 2.45) is 5.73 Å². The van der Waals surface area contributed by atoms with Crippen LogP contribution in [-0.4, -0.2) is 65.0 Å². The molecule has 2 aromatic heterocycles. The van der Waals surface area contributed by atoms with Gasteiger partial charge in [-0.2, -0.15) is 0 Å². The Kier molecular flexibility index (Phi) is 12.4. The Labute approximate surface area is 181 Å². The molecular formula is C15H24Cl3N7OS. The van der Waals surface area contributed by atoms with Crippen LogP contribution < -0.4 is 16.0 Å². The first-order chi connectivity index (χ1) is 11.8. The Bertz CT molecular complexity index is 668. The average Bonchev–Trinajstić information content (AvgIpc) is 3.12. The summed E-state index contributed by atoms with van der Waals surface area (Å²) in [6.45, 7) is 5.45. The number of thiazole rings is 1. The molecule has 0 unspecified atom stereocenters. The average molecular weight is 457 g/mol. The molecule has 27 heavy (non-hydrogen) atoms. The van der Waals surface area contributed by atoms with Gasteiger partial charge in [0.15, 0.2) is 0 Å². The zero-order valence-electron chi connectivity index (χ0n) is 14.6. The SMILES string of the molecule is Cl.Cl.Cl.NCc1nc(C(=O)NCCN2CCN(c3ncccn3)CC2)cs1. The highest BCUT2D eigenvalue weighted by molar-refractivity contribution is 7.09. The van der Waals surface area contributed by atoms with E-state index < -0.39 is 0 Å². The highest BCUT2D eigenvalue weighted by Gasteiger charge is 2.18. The quantitative estimate of drug-likeness (QED) is 0.674. The van der Waals surface area contributed by atoms with E-state index in [1.807, 2.05) is 6.07 Å². The highest BCUT2D eigenvalue weighted by atomic mass is 35.5. The minimum atomic E-state index is -0.137. The lowest BCUT2D eigenvalue weighted by molar-refractivity contribution is 0.0943. The molecule has 3 N–H and O–H groups in total. The molecule has 3 rings (SSSR count). The number of hydrogen-bond donors (Lipinski definition) is 2. The maximum atomic E-state index is 12.0. The van der Waals surface area contributed by atoms with Gasteiger partial charge in [0.2, 0.25) is 5.95 Å². The lowest BCUT2D eigenvalue weighted by atomic mass is 10.3. The summed E-state index contributed by atoms with van der Waals surface area (Å²) in [5, 5.41) is 5.43. The molecule has 1 aliphatic heterocycles. The minimum Gasteiger partial charge on any atom is -0.349 e. The number of nitrogens with two attached hydrogens (primary N) is 1. The van der Waals surface area contributed by atoms with Gasteiger partial charge in [0.25, 0.3) is 5.91 Å². The van der Waals surface area contributed by atoms with Gasteiger partial charge in [-0.1, -0.05) is 0 Å². The highest BCUT2D eigenvalue weighted by Crippen LogP contribution is 2.10. The zero-order chi connectivity index (χ0) is 16.8. The van der Waals surface area contributed by atoms with Gasteiger partial charge >= 0.3 is 0 Å². The van der Waals surface area contributed by atoms with E-state index in [0.717, 1.165) is 43.7 Å². The first-order valence-corrected chi connectivity index (χ1v) is 8.81. The summed E-state index contributed by atoms with van der Waals surface area (Å²) < 4.78 is 0. The van der Waals surface area contributed by atoms with Crippen molar-refractivity contribution in [3.63, 3.8) is 0 Å². The summed E-state index contributed by atoms with van der Waals surface area (Å²) in [5.41, 5.74) is 5.96. The number of hydrogen-bond acceptors (Lipinski definition) is 8. The molecule has 0 aromatic carbocycles. The third kappa shape index (κ3) is 7.36. The van der Waals surface area contributed by atoms with Gasteiger partial charge in [0.1, 0.15) is 10.7 Å². The van der Waals surface area contributed by atoms with Crippen molar-refractivity contribution in [1.82, 2.24) is 25.2 Å². The summed E-state index contributed by atoms with van der Waals surface area (Å²) in [5.74, 6) is 0.645. The van der Waals surface area contributed by atoms with Crippen LogP contribution in [0, 0.1) is 0 Å². The van der Waals surface area contributed by atoms with Crippen LogP contribution in [0.2, 0.25) is 0 Å². The summed E-state index contributed by atoms with van der Waals surface area (Å²) in [7, 11) is 0. The smallest absolute Gasteiger partial charge is 0.270 e. The predicted octanol–water partition coefficient (Wildman–Crippen LogP) is 1.21. The number of nitrogens with zero attached hydrogens (tertiary/aromatic N) is 5. The predicted molar refractivity (Wildman–Crippen MR) is 115 cm³/mol. The number of anilines is 1. The van der Waals surface area contributed by atoms with Crippen LogP contribution in [0.1, 0.15) is 15.5 Å². The van der Waals surface area contributed by atoms with E-state index in [4.69, 9.17) is 5.73 Å². The van der Waals surface area contributed by atoms with Crippen LogP contribution in [0.15, 0.2) is 23.8 Å². The van der Waals surface area contributed by atoms with Crippen molar-refractivity contribution >= 4 is 60.4 Å². The number of carbonyl (C=O) groups excluding carboxylic acids is 1. The molecule has 2 aromatic rings. The molecule has 3 heterocycles. The van der Waals surface area contributed by atoms with E-state index in [1.165, 1.54) is 11.3 Å². The Hall–Kier alpha value is -1.23. The van der Waals surface area contributed by atoms with Gasteiger partial charge in [-0.3, -0.25) is 9.69 Å². The van der Waals surface area contributed by atoms with Crippen LogP contribution in [0.3, 0.4) is 0 Å². The van der Waals surface area contributed by atoms with Crippen molar-refractivity contribution in [2.75, 3.05) is 44.2 Å². The van der Waals surface area contributed by atoms with Crippen molar-refractivity contribution in [3.05, 3.63) is 34.5 Å². The molecule has 1 aliphatic rings. The molecule has 1 fully saturated rings. The molecule has 12 heteroatoms. The van der Waals surface area contributed by atoms with E-state index in [0.29, 0.717) is 18.8 Å². The Balaban J connectivity index is 0.00000225. The number of carbonyl (C=O) groups is 1. The fourth-order valence-corrected chi connectivity index (χ4v) is 3.21. The van der Waals surface area contributed by atoms with Crippen LogP contribution >= 0.6 is 48.6 Å². The zero-order valence-corrected chi connectivity index (χ0v) is 17.9. The Morgan fingerprint density at radius 1 is 1.15 bits per heavy atom. The number of nitrogens with one attached hydrogen (secondary N) is 1. The summed E-state index contributed by atoms with van der Waals surface area (Å²) in [6, 6.07) is 1.82. The number of piperazine rings is 1. The molecule has 0 atom stereocenters. The van der Waals surface area contributed by atoms with Crippen molar-refractivity contribution < 1.29 is 4.79 Å². The van der Waals surface area contributed by atoms with Crippen molar-refractivity contribution in [3.8, 4) is 0 Å². The van der Waals surface area contributed by atoms with Crippen molar-refractivity contribution in [1.29, 1.82) is 0 Å². The standard InChI is InChI=1S/C15H21N7OS.3ClH/c16-10-13-20-12(11-24-13)14(23)17-4-5-21-6-8-22(9-7-21)15-18-2-1-3-19-15;;;/h1-3,11H,4-10,16H2,(H,17,23);3*1H. The van der Waals surface area contributed by atoms with E-state index in [9.17, 15) is 4.79 Å². The molecule has 0 spiro atoms. The summed E-state index contributed by atoms with van der Waals surface area (Å²) in [4.78, 5) is 29.3. The van der Waals surface area contributed by atoms with Crippen molar-refractivity contribution in [2.45, 2.75) is 6.54 Å². The van der Waals surface area contributed by atoms with E-state index >= 15 is 0 Å². The van der Waals surface area contributed by atoms with Crippen LogP contribution in [0.25, 0.3) is 0 Å². The molecule has 1 saturated heterocycles. The Morgan fingerprint density at radius 2 is 1.81 bits per heavy atom. The van der Waals surface area contributed by atoms with Crippen LogP contribution in [0.5, 0.6) is 0 Å². The minimum absolute atomic E-state index is 0. The van der Waals surface area contributed by atoms with Gasteiger partial charge in [0.05, 0.1) is 0 Å².